The average Bonchev–Trinajstić information content (AvgIpc) is 2.84. The van der Waals surface area contributed by atoms with Gasteiger partial charge in [-0.25, -0.2) is 0 Å². The van der Waals surface area contributed by atoms with Crippen LogP contribution in [0.5, 0.6) is 0 Å². The van der Waals surface area contributed by atoms with Gasteiger partial charge in [-0.1, -0.05) is 23.7 Å². The Kier molecular flexibility index (Phi) is 4.69. The van der Waals surface area contributed by atoms with E-state index in [1.54, 1.807) is 17.2 Å². The molecule has 0 saturated carbocycles. The molecule has 96 valence electrons. The van der Waals surface area contributed by atoms with Crippen molar-refractivity contribution in [2.45, 2.75) is 19.3 Å². The van der Waals surface area contributed by atoms with E-state index < -0.39 is 6.10 Å². The molecule has 0 radical (unpaired) electrons. The fourth-order valence-corrected chi connectivity index (χ4v) is 1.63. The van der Waals surface area contributed by atoms with Gasteiger partial charge in [0.1, 0.15) is 12.7 Å². The second kappa shape index (κ2) is 6.49. The van der Waals surface area contributed by atoms with E-state index in [4.69, 9.17) is 16.3 Å². The van der Waals surface area contributed by atoms with Gasteiger partial charge in [-0.2, -0.15) is 0 Å². The third-order valence-corrected chi connectivity index (χ3v) is 2.63. The SMILES string of the molecule is OC(COCc1ccc(Cl)cc1)Cn1cnnc1. The quantitative estimate of drug-likeness (QED) is 0.862. The van der Waals surface area contributed by atoms with E-state index in [2.05, 4.69) is 10.2 Å². The molecule has 1 N–H and O–H groups in total. The standard InChI is InChI=1S/C12H14ClN3O2/c13-11-3-1-10(2-4-11)6-18-7-12(17)5-16-8-14-15-9-16/h1-4,8-9,12,17H,5-7H2. The van der Waals surface area contributed by atoms with Crippen molar-refractivity contribution in [3.63, 3.8) is 0 Å². The zero-order valence-corrected chi connectivity index (χ0v) is 10.5. The Morgan fingerprint density at radius 1 is 1.22 bits per heavy atom. The third kappa shape index (κ3) is 4.10. The molecule has 6 heteroatoms. The van der Waals surface area contributed by atoms with Gasteiger partial charge in [-0.05, 0) is 17.7 Å². The lowest BCUT2D eigenvalue weighted by Gasteiger charge is -2.11. The monoisotopic (exact) mass is 267 g/mol. The number of aliphatic hydroxyl groups is 1. The summed E-state index contributed by atoms with van der Waals surface area (Å²) in [6, 6.07) is 7.42. The van der Waals surface area contributed by atoms with Crippen molar-refractivity contribution in [2.75, 3.05) is 6.61 Å². The molecule has 0 aliphatic heterocycles. The number of aliphatic hydroxyl groups excluding tert-OH is 1. The van der Waals surface area contributed by atoms with Crippen LogP contribution in [0.1, 0.15) is 5.56 Å². The predicted octanol–water partition coefficient (Wildman–Crippen LogP) is 1.51. The van der Waals surface area contributed by atoms with E-state index in [1.165, 1.54) is 0 Å². The van der Waals surface area contributed by atoms with Crippen LogP contribution in [0.4, 0.5) is 0 Å². The molecule has 1 aromatic heterocycles. The molecular formula is C12H14ClN3O2. The number of nitrogens with zero attached hydrogens (tertiary/aromatic N) is 3. The van der Waals surface area contributed by atoms with Crippen molar-refractivity contribution >= 4 is 11.6 Å². The lowest BCUT2D eigenvalue weighted by atomic mass is 10.2. The van der Waals surface area contributed by atoms with Gasteiger partial charge >= 0.3 is 0 Å². The molecule has 18 heavy (non-hydrogen) atoms. The number of aromatic nitrogens is 3. The molecule has 2 aromatic rings. The van der Waals surface area contributed by atoms with Gasteiger partial charge in [0.25, 0.3) is 0 Å². The molecule has 1 heterocycles. The number of rotatable bonds is 6. The minimum absolute atomic E-state index is 0.265. The predicted molar refractivity (Wildman–Crippen MR) is 67.1 cm³/mol. The highest BCUT2D eigenvalue weighted by Gasteiger charge is 2.05. The smallest absolute Gasteiger partial charge is 0.119 e. The molecule has 1 atom stereocenters. The third-order valence-electron chi connectivity index (χ3n) is 2.38. The fourth-order valence-electron chi connectivity index (χ4n) is 1.51. The minimum atomic E-state index is -0.576. The van der Waals surface area contributed by atoms with Gasteiger partial charge in [-0.15, -0.1) is 10.2 Å². The van der Waals surface area contributed by atoms with Gasteiger partial charge in [0.2, 0.25) is 0 Å². The van der Waals surface area contributed by atoms with E-state index in [0.717, 1.165) is 5.56 Å². The van der Waals surface area contributed by atoms with Crippen LogP contribution in [0.15, 0.2) is 36.9 Å². The zero-order valence-electron chi connectivity index (χ0n) is 9.74. The Balaban J connectivity index is 1.70. The van der Waals surface area contributed by atoms with Gasteiger partial charge in [0.05, 0.1) is 25.9 Å². The van der Waals surface area contributed by atoms with Crippen molar-refractivity contribution < 1.29 is 9.84 Å². The van der Waals surface area contributed by atoms with Gasteiger partial charge < -0.3 is 14.4 Å². The van der Waals surface area contributed by atoms with Crippen LogP contribution in [0.3, 0.4) is 0 Å². The summed E-state index contributed by atoms with van der Waals surface area (Å²) in [7, 11) is 0. The van der Waals surface area contributed by atoms with Crippen molar-refractivity contribution in [1.29, 1.82) is 0 Å². The number of benzene rings is 1. The minimum Gasteiger partial charge on any atom is -0.389 e. The molecule has 0 amide bonds. The second-order valence-corrected chi connectivity index (χ2v) is 4.39. The van der Waals surface area contributed by atoms with Gasteiger partial charge in [0, 0.05) is 5.02 Å². The maximum Gasteiger partial charge on any atom is 0.119 e. The van der Waals surface area contributed by atoms with Gasteiger partial charge in [-0.3, -0.25) is 0 Å². The van der Waals surface area contributed by atoms with E-state index in [-0.39, 0.29) is 6.61 Å². The Hall–Kier alpha value is -1.43. The molecule has 0 aliphatic rings. The fraction of sp³-hybridized carbons (Fsp3) is 0.333. The number of ether oxygens (including phenoxy) is 1. The summed E-state index contributed by atoms with van der Waals surface area (Å²) in [5.74, 6) is 0. The molecule has 5 nitrogen and oxygen atoms in total. The maximum absolute atomic E-state index is 9.72. The van der Waals surface area contributed by atoms with Crippen LogP contribution < -0.4 is 0 Å². The Bertz CT molecular complexity index is 459. The first-order valence-corrected chi connectivity index (χ1v) is 5.94. The number of hydrogen-bond acceptors (Lipinski definition) is 4. The topological polar surface area (TPSA) is 60.2 Å². The van der Waals surface area contributed by atoms with Gasteiger partial charge in [0.15, 0.2) is 0 Å². The summed E-state index contributed by atoms with van der Waals surface area (Å²) in [5, 5.41) is 17.7. The van der Waals surface area contributed by atoms with E-state index in [0.29, 0.717) is 18.2 Å². The van der Waals surface area contributed by atoms with Crippen LogP contribution >= 0.6 is 11.6 Å². The molecular weight excluding hydrogens is 254 g/mol. The molecule has 0 fully saturated rings. The summed E-state index contributed by atoms with van der Waals surface area (Å²) in [4.78, 5) is 0. The first-order valence-electron chi connectivity index (χ1n) is 5.56. The lowest BCUT2D eigenvalue weighted by molar-refractivity contribution is 0.0203. The Morgan fingerprint density at radius 2 is 1.89 bits per heavy atom. The molecule has 0 aliphatic carbocycles. The van der Waals surface area contributed by atoms with E-state index in [1.807, 2.05) is 24.3 Å². The van der Waals surface area contributed by atoms with E-state index in [9.17, 15) is 5.11 Å². The molecule has 1 aromatic carbocycles. The second-order valence-electron chi connectivity index (χ2n) is 3.95. The molecule has 2 rings (SSSR count). The van der Waals surface area contributed by atoms with Crippen molar-refractivity contribution in [3.05, 3.63) is 47.5 Å². The maximum atomic E-state index is 9.72. The average molecular weight is 268 g/mol. The molecule has 1 unspecified atom stereocenters. The number of halogens is 1. The Morgan fingerprint density at radius 3 is 2.56 bits per heavy atom. The van der Waals surface area contributed by atoms with Crippen molar-refractivity contribution in [3.8, 4) is 0 Å². The Labute approximate surface area is 110 Å². The highest BCUT2D eigenvalue weighted by molar-refractivity contribution is 6.30. The first-order chi connectivity index (χ1) is 8.74. The van der Waals surface area contributed by atoms with Crippen LogP contribution in [0.2, 0.25) is 5.02 Å². The normalized spacial score (nSPS) is 12.6. The number of hydrogen-bond donors (Lipinski definition) is 1. The van der Waals surface area contributed by atoms with Crippen LogP contribution in [0, 0.1) is 0 Å². The van der Waals surface area contributed by atoms with Crippen molar-refractivity contribution in [1.82, 2.24) is 14.8 Å². The summed E-state index contributed by atoms with van der Waals surface area (Å²) in [5.41, 5.74) is 1.02. The summed E-state index contributed by atoms with van der Waals surface area (Å²) in [6.07, 6.45) is 2.54. The first kappa shape index (κ1) is 13.0. The molecule has 0 spiro atoms. The van der Waals surface area contributed by atoms with Crippen LogP contribution in [-0.2, 0) is 17.9 Å². The largest absolute Gasteiger partial charge is 0.389 e. The van der Waals surface area contributed by atoms with Crippen LogP contribution in [0.25, 0.3) is 0 Å². The van der Waals surface area contributed by atoms with E-state index >= 15 is 0 Å². The summed E-state index contributed by atoms with van der Waals surface area (Å²) >= 11 is 5.78. The highest BCUT2D eigenvalue weighted by Crippen LogP contribution is 2.10. The van der Waals surface area contributed by atoms with Crippen molar-refractivity contribution in [2.24, 2.45) is 0 Å². The van der Waals surface area contributed by atoms with Crippen LogP contribution in [-0.4, -0.2) is 32.6 Å². The summed E-state index contributed by atoms with van der Waals surface area (Å²) in [6.45, 7) is 1.14. The summed E-state index contributed by atoms with van der Waals surface area (Å²) < 4.78 is 7.13. The zero-order chi connectivity index (χ0) is 12.8. The molecule has 0 bridgehead atoms. The molecule has 0 saturated heterocycles. The highest BCUT2D eigenvalue weighted by atomic mass is 35.5. The lowest BCUT2D eigenvalue weighted by Crippen LogP contribution is -2.21.